The van der Waals surface area contributed by atoms with Gasteiger partial charge in [0.2, 0.25) is 0 Å². The third-order valence-corrected chi connectivity index (χ3v) is 5.52. The van der Waals surface area contributed by atoms with Gasteiger partial charge in [0.15, 0.2) is 0 Å². The fraction of sp³-hybridized carbons (Fsp3) is 0.611. The van der Waals surface area contributed by atoms with Gasteiger partial charge in [-0.3, -0.25) is 4.90 Å². The van der Waals surface area contributed by atoms with Crippen molar-refractivity contribution in [3.63, 3.8) is 0 Å². The Labute approximate surface area is 132 Å². The molecular formula is C18H25N3O. The van der Waals surface area contributed by atoms with E-state index in [1.165, 1.54) is 18.4 Å². The first-order valence-electron chi connectivity index (χ1n) is 8.65. The molecule has 3 heterocycles. The Balaban J connectivity index is 1.32. The van der Waals surface area contributed by atoms with Gasteiger partial charge in [0, 0.05) is 38.8 Å². The molecule has 118 valence electrons. The van der Waals surface area contributed by atoms with Crippen LogP contribution >= 0.6 is 0 Å². The number of carbonyl (C=O) groups excluding carboxylic acids is 1. The second kappa shape index (κ2) is 5.92. The van der Waals surface area contributed by atoms with Crippen LogP contribution in [0.4, 0.5) is 4.79 Å². The smallest absolute Gasteiger partial charge is 0.320 e. The summed E-state index contributed by atoms with van der Waals surface area (Å²) in [5.74, 6) is 0. The summed E-state index contributed by atoms with van der Waals surface area (Å²) in [6.45, 7) is 5.20. The van der Waals surface area contributed by atoms with Crippen LogP contribution in [0.1, 0.15) is 31.2 Å². The van der Waals surface area contributed by atoms with Crippen LogP contribution in [-0.2, 0) is 6.54 Å². The maximum absolute atomic E-state index is 12.5. The summed E-state index contributed by atoms with van der Waals surface area (Å²) in [5, 5.41) is 0. The molecule has 1 atom stereocenters. The quantitative estimate of drug-likeness (QED) is 0.857. The number of nitrogens with zero attached hydrogens (tertiary/aromatic N) is 3. The summed E-state index contributed by atoms with van der Waals surface area (Å²) in [5.41, 5.74) is 1.39. The van der Waals surface area contributed by atoms with Crippen molar-refractivity contribution in [1.82, 2.24) is 14.7 Å². The molecule has 0 aromatic heterocycles. The first-order chi connectivity index (χ1) is 10.8. The molecule has 0 N–H and O–H groups in total. The van der Waals surface area contributed by atoms with E-state index in [2.05, 4.69) is 45.0 Å². The summed E-state index contributed by atoms with van der Waals surface area (Å²) in [6, 6.07) is 12.0. The Hall–Kier alpha value is -1.55. The number of fused-ring (bicyclic) bond motifs is 1. The topological polar surface area (TPSA) is 26.8 Å². The van der Waals surface area contributed by atoms with Crippen LogP contribution in [0.2, 0.25) is 0 Å². The van der Waals surface area contributed by atoms with Crippen molar-refractivity contribution < 1.29 is 4.79 Å². The van der Waals surface area contributed by atoms with Gasteiger partial charge in [-0.1, -0.05) is 30.3 Å². The molecule has 3 saturated heterocycles. The van der Waals surface area contributed by atoms with E-state index >= 15 is 0 Å². The standard InChI is InChI=1S/C18H25N3O/c22-18-20-10-4-7-17(20)14-21(18)16-8-11-19(12-9-16)13-15-5-2-1-3-6-15/h1-3,5-6,16-17H,4,7-14H2. The predicted molar refractivity (Wildman–Crippen MR) is 86.6 cm³/mol. The maximum atomic E-state index is 12.5. The number of hydrogen-bond acceptors (Lipinski definition) is 2. The van der Waals surface area contributed by atoms with Crippen molar-refractivity contribution in [3.05, 3.63) is 35.9 Å². The Morgan fingerprint density at radius 3 is 2.41 bits per heavy atom. The van der Waals surface area contributed by atoms with Gasteiger partial charge >= 0.3 is 6.03 Å². The minimum Gasteiger partial charge on any atom is -0.320 e. The van der Waals surface area contributed by atoms with Gasteiger partial charge in [-0.05, 0) is 31.2 Å². The minimum atomic E-state index is 0.309. The van der Waals surface area contributed by atoms with E-state index in [-0.39, 0.29) is 0 Å². The third-order valence-electron chi connectivity index (χ3n) is 5.52. The molecule has 4 nitrogen and oxygen atoms in total. The van der Waals surface area contributed by atoms with Crippen LogP contribution in [0.25, 0.3) is 0 Å². The fourth-order valence-corrected chi connectivity index (χ4v) is 4.28. The molecule has 0 aliphatic carbocycles. The Bertz CT molecular complexity index is 524. The third kappa shape index (κ3) is 2.60. The van der Waals surface area contributed by atoms with Crippen LogP contribution in [0, 0.1) is 0 Å². The Morgan fingerprint density at radius 1 is 0.909 bits per heavy atom. The van der Waals surface area contributed by atoms with Gasteiger partial charge in [0.25, 0.3) is 0 Å². The van der Waals surface area contributed by atoms with Crippen LogP contribution in [0.3, 0.4) is 0 Å². The van der Waals surface area contributed by atoms with Gasteiger partial charge in [0.1, 0.15) is 0 Å². The molecule has 1 aromatic carbocycles. The predicted octanol–water partition coefficient (Wildman–Crippen LogP) is 2.55. The number of urea groups is 1. The zero-order valence-electron chi connectivity index (χ0n) is 13.2. The van der Waals surface area contributed by atoms with Crippen LogP contribution in [0.15, 0.2) is 30.3 Å². The monoisotopic (exact) mass is 299 g/mol. The lowest BCUT2D eigenvalue weighted by Crippen LogP contribution is -2.46. The number of rotatable bonds is 3. The first-order valence-corrected chi connectivity index (χ1v) is 8.65. The van der Waals surface area contributed by atoms with Gasteiger partial charge in [0.05, 0.1) is 6.04 Å². The van der Waals surface area contributed by atoms with Crippen LogP contribution in [0.5, 0.6) is 0 Å². The number of hydrogen-bond donors (Lipinski definition) is 0. The van der Waals surface area contributed by atoms with Crippen molar-refractivity contribution in [2.75, 3.05) is 26.2 Å². The van der Waals surface area contributed by atoms with Gasteiger partial charge in [-0.25, -0.2) is 4.79 Å². The molecule has 3 aliphatic rings. The highest BCUT2D eigenvalue weighted by Crippen LogP contribution is 2.30. The normalized spacial score (nSPS) is 26.7. The lowest BCUT2D eigenvalue weighted by atomic mass is 10.0. The minimum absolute atomic E-state index is 0.309. The van der Waals surface area contributed by atoms with Gasteiger partial charge < -0.3 is 9.80 Å². The lowest BCUT2D eigenvalue weighted by molar-refractivity contribution is 0.126. The number of benzene rings is 1. The van der Waals surface area contributed by atoms with Crippen molar-refractivity contribution in [2.45, 2.75) is 44.3 Å². The molecule has 22 heavy (non-hydrogen) atoms. The fourth-order valence-electron chi connectivity index (χ4n) is 4.28. The molecule has 4 heteroatoms. The highest BCUT2D eigenvalue weighted by molar-refractivity contribution is 5.78. The van der Waals surface area contributed by atoms with Crippen molar-refractivity contribution >= 4 is 6.03 Å². The molecule has 0 spiro atoms. The van der Waals surface area contributed by atoms with Crippen LogP contribution in [-0.4, -0.2) is 59.0 Å². The van der Waals surface area contributed by atoms with Crippen molar-refractivity contribution in [3.8, 4) is 0 Å². The molecule has 1 aromatic rings. The van der Waals surface area contributed by atoms with Gasteiger partial charge in [-0.15, -0.1) is 0 Å². The molecule has 1 unspecified atom stereocenters. The molecule has 0 radical (unpaired) electrons. The average Bonchev–Trinajstić information content (AvgIpc) is 3.13. The molecule has 0 saturated carbocycles. The summed E-state index contributed by atoms with van der Waals surface area (Å²) in [4.78, 5) is 19.3. The zero-order valence-corrected chi connectivity index (χ0v) is 13.2. The Kier molecular flexibility index (Phi) is 3.78. The number of piperidine rings is 1. The van der Waals surface area contributed by atoms with E-state index in [1.807, 2.05) is 0 Å². The molecule has 0 bridgehead atoms. The molecule has 3 aliphatic heterocycles. The number of likely N-dealkylation sites (tertiary alicyclic amines) is 1. The number of amides is 2. The summed E-state index contributed by atoms with van der Waals surface area (Å²) >= 11 is 0. The molecular weight excluding hydrogens is 274 g/mol. The second-order valence-electron chi connectivity index (χ2n) is 6.92. The SMILES string of the molecule is O=C1N2CCCC2CN1C1CCN(Cc2ccccc2)CC1. The van der Waals surface area contributed by atoms with E-state index in [0.29, 0.717) is 18.1 Å². The number of carbonyl (C=O) groups is 1. The van der Waals surface area contributed by atoms with E-state index in [0.717, 1.165) is 45.6 Å². The average molecular weight is 299 g/mol. The molecule has 2 amide bonds. The van der Waals surface area contributed by atoms with Crippen molar-refractivity contribution in [2.24, 2.45) is 0 Å². The lowest BCUT2D eigenvalue weighted by Gasteiger charge is -2.36. The largest absolute Gasteiger partial charge is 0.320 e. The highest BCUT2D eigenvalue weighted by Gasteiger charge is 2.43. The maximum Gasteiger partial charge on any atom is 0.320 e. The van der Waals surface area contributed by atoms with E-state index in [4.69, 9.17) is 0 Å². The van der Waals surface area contributed by atoms with Crippen molar-refractivity contribution in [1.29, 1.82) is 0 Å². The van der Waals surface area contributed by atoms with Crippen LogP contribution < -0.4 is 0 Å². The summed E-state index contributed by atoms with van der Waals surface area (Å²) in [6.07, 6.45) is 4.65. The summed E-state index contributed by atoms with van der Waals surface area (Å²) < 4.78 is 0. The van der Waals surface area contributed by atoms with E-state index < -0.39 is 0 Å². The highest BCUT2D eigenvalue weighted by atomic mass is 16.2. The molecule has 4 rings (SSSR count). The molecule has 3 fully saturated rings. The summed E-state index contributed by atoms with van der Waals surface area (Å²) in [7, 11) is 0. The zero-order chi connectivity index (χ0) is 14.9. The second-order valence-corrected chi connectivity index (χ2v) is 6.92. The van der Waals surface area contributed by atoms with E-state index in [9.17, 15) is 4.79 Å². The Morgan fingerprint density at radius 2 is 1.68 bits per heavy atom. The van der Waals surface area contributed by atoms with Gasteiger partial charge in [-0.2, -0.15) is 0 Å². The van der Waals surface area contributed by atoms with E-state index in [1.54, 1.807) is 0 Å². The first kappa shape index (κ1) is 14.1.